The Bertz CT molecular complexity index is 273. The van der Waals surface area contributed by atoms with E-state index in [1.54, 1.807) is 0 Å². The third kappa shape index (κ3) is 8.94. The first-order valence-corrected chi connectivity index (χ1v) is 4.28. The summed E-state index contributed by atoms with van der Waals surface area (Å²) in [4.78, 5) is 18.2. The van der Waals surface area contributed by atoms with Crippen LogP contribution in [0.5, 0.6) is 0 Å². The fraction of sp³-hybridized carbons (Fsp3) is 0. The fourth-order valence-corrected chi connectivity index (χ4v) is 0.830. The van der Waals surface area contributed by atoms with Gasteiger partial charge in [0.25, 0.3) is 0 Å². The van der Waals surface area contributed by atoms with Crippen LogP contribution in [0.1, 0.15) is 0 Å². The van der Waals surface area contributed by atoms with E-state index in [9.17, 15) is 0 Å². The van der Waals surface area contributed by atoms with E-state index in [2.05, 4.69) is 34.7 Å². The Kier molecular flexibility index (Phi) is 9.25. The zero-order valence-corrected chi connectivity index (χ0v) is 9.13. The number of rotatable bonds is 0. The Hall–Kier alpha value is -1.15. The van der Waals surface area contributed by atoms with Crippen LogP contribution in [-0.4, -0.2) is 27.6 Å². The maximum Gasteiger partial charge on any atom is 0.414 e. The second-order valence-corrected chi connectivity index (χ2v) is 3.15. The fourth-order valence-electron chi connectivity index (χ4n) is 0.415. The van der Waals surface area contributed by atoms with Gasteiger partial charge in [0.1, 0.15) is 0 Å². The molecule has 0 atom stereocenters. The minimum Gasteiger partial charge on any atom is -0.473 e. The molecule has 0 fully saturated rings. The Morgan fingerprint density at radius 1 is 1.00 bits per heavy atom. The largest absolute Gasteiger partial charge is 0.473 e. The van der Waals surface area contributed by atoms with Crippen LogP contribution in [0.4, 0.5) is 0 Å². The normalized spacial score (nSPS) is 7.50. The summed E-state index contributed by atoms with van der Waals surface area (Å²) in [6.45, 7) is 0. The average Bonchev–Trinajstić information content (AvgIpc) is 2.06. The molecule has 6 heteroatoms. The Morgan fingerprint density at radius 2 is 1.36 bits per heavy atom. The minimum absolute atomic E-state index is 0. The zero-order chi connectivity index (χ0) is 10.3. The molecule has 78 valence electrons. The van der Waals surface area contributed by atoms with Gasteiger partial charge in [0, 0.05) is 3.57 Å². The van der Waals surface area contributed by atoms with Crippen LogP contribution < -0.4 is 0 Å². The van der Waals surface area contributed by atoms with Gasteiger partial charge in [-0.05, 0) is 34.7 Å². The smallest absolute Gasteiger partial charge is 0.414 e. The van der Waals surface area contributed by atoms with Gasteiger partial charge in [0.2, 0.25) is 0 Å². The Balaban J connectivity index is 0. The highest BCUT2D eigenvalue weighted by atomic mass is 127. The molecule has 0 bridgehead atoms. The number of halogens is 1. The summed E-state index contributed by atoms with van der Waals surface area (Å²) in [6.07, 6.45) is 0. The Labute approximate surface area is 93.8 Å². The number of hydrogen-bond acceptors (Lipinski definition) is 2. The number of benzene rings is 1. The molecule has 0 aliphatic carbocycles. The van der Waals surface area contributed by atoms with Crippen molar-refractivity contribution in [2.45, 2.75) is 0 Å². The molecule has 0 spiro atoms. The minimum atomic E-state index is -1.82. The lowest BCUT2D eigenvalue weighted by atomic mass is 10.4. The molecule has 14 heavy (non-hydrogen) atoms. The van der Waals surface area contributed by atoms with Crippen LogP contribution in [0, 0.1) is 3.57 Å². The van der Waals surface area contributed by atoms with Crippen LogP contribution >= 0.6 is 22.6 Å². The van der Waals surface area contributed by atoms with Crippen LogP contribution in [0.25, 0.3) is 0 Å². The lowest BCUT2D eigenvalue weighted by molar-refractivity contribution is -0.159. The van der Waals surface area contributed by atoms with Crippen molar-refractivity contribution in [3.05, 3.63) is 33.9 Å². The SMILES string of the molecule is Ic1ccccc1.O.O=C(O)C(=O)O. The van der Waals surface area contributed by atoms with E-state index in [1.807, 2.05) is 18.2 Å². The van der Waals surface area contributed by atoms with Crippen molar-refractivity contribution >= 4 is 34.5 Å². The summed E-state index contributed by atoms with van der Waals surface area (Å²) < 4.78 is 1.29. The van der Waals surface area contributed by atoms with Gasteiger partial charge in [-0.2, -0.15) is 0 Å². The van der Waals surface area contributed by atoms with Crippen molar-refractivity contribution in [2.24, 2.45) is 0 Å². The highest BCUT2D eigenvalue weighted by molar-refractivity contribution is 14.1. The van der Waals surface area contributed by atoms with E-state index >= 15 is 0 Å². The van der Waals surface area contributed by atoms with E-state index in [0.717, 1.165) is 0 Å². The molecular weight excluding hydrogens is 303 g/mol. The topological polar surface area (TPSA) is 106 Å². The molecule has 0 aliphatic heterocycles. The molecule has 0 amide bonds. The van der Waals surface area contributed by atoms with Gasteiger partial charge in [-0.25, -0.2) is 9.59 Å². The molecular formula is C8H9IO5. The van der Waals surface area contributed by atoms with E-state index in [0.29, 0.717) is 0 Å². The van der Waals surface area contributed by atoms with Crippen molar-refractivity contribution in [1.29, 1.82) is 0 Å². The summed E-state index contributed by atoms with van der Waals surface area (Å²) in [6, 6.07) is 10.2. The van der Waals surface area contributed by atoms with Gasteiger partial charge in [-0.3, -0.25) is 0 Å². The van der Waals surface area contributed by atoms with Gasteiger partial charge < -0.3 is 15.7 Å². The third-order valence-electron chi connectivity index (χ3n) is 0.916. The van der Waals surface area contributed by atoms with Crippen molar-refractivity contribution in [2.75, 3.05) is 0 Å². The molecule has 0 radical (unpaired) electrons. The van der Waals surface area contributed by atoms with Crippen LogP contribution in [0.15, 0.2) is 30.3 Å². The van der Waals surface area contributed by atoms with Gasteiger partial charge in [0.05, 0.1) is 0 Å². The van der Waals surface area contributed by atoms with Crippen LogP contribution in [0.2, 0.25) is 0 Å². The monoisotopic (exact) mass is 312 g/mol. The van der Waals surface area contributed by atoms with E-state index in [-0.39, 0.29) is 5.48 Å². The molecule has 0 aromatic heterocycles. The van der Waals surface area contributed by atoms with Crippen LogP contribution in [0.3, 0.4) is 0 Å². The van der Waals surface area contributed by atoms with Crippen molar-refractivity contribution in [1.82, 2.24) is 0 Å². The lowest BCUT2D eigenvalue weighted by Gasteiger charge is -1.80. The lowest BCUT2D eigenvalue weighted by Crippen LogP contribution is -2.09. The molecule has 0 saturated heterocycles. The highest BCUT2D eigenvalue weighted by Crippen LogP contribution is 1.99. The van der Waals surface area contributed by atoms with Gasteiger partial charge in [-0.15, -0.1) is 0 Å². The first-order chi connectivity index (χ1) is 6.04. The highest BCUT2D eigenvalue weighted by Gasteiger charge is 2.04. The number of hydrogen-bond donors (Lipinski definition) is 2. The molecule has 0 saturated carbocycles. The average molecular weight is 312 g/mol. The maximum atomic E-state index is 9.10. The first-order valence-electron chi connectivity index (χ1n) is 3.21. The maximum absolute atomic E-state index is 9.10. The summed E-state index contributed by atoms with van der Waals surface area (Å²) in [7, 11) is 0. The van der Waals surface area contributed by atoms with Crippen molar-refractivity contribution in [3.63, 3.8) is 0 Å². The molecule has 1 aromatic rings. The van der Waals surface area contributed by atoms with E-state index in [4.69, 9.17) is 19.8 Å². The molecule has 1 aromatic carbocycles. The molecule has 4 N–H and O–H groups in total. The van der Waals surface area contributed by atoms with Gasteiger partial charge in [-0.1, -0.05) is 18.2 Å². The summed E-state index contributed by atoms with van der Waals surface area (Å²) in [5.74, 6) is -3.65. The number of carbonyl (C=O) groups is 2. The second kappa shape index (κ2) is 8.45. The van der Waals surface area contributed by atoms with E-state index < -0.39 is 11.9 Å². The van der Waals surface area contributed by atoms with Crippen molar-refractivity contribution < 1.29 is 25.3 Å². The third-order valence-corrected chi connectivity index (χ3v) is 1.64. The van der Waals surface area contributed by atoms with Gasteiger partial charge in [0.15, 0.2) is 0 Å². The number of carboxylic acid groups (broad SMARTS) is 2. The first kappa shape index (κ1) is 15.3. The molecule has 0 heterocycles. The predicted molar refractivity (Wildman–Crippen MR) is 58.0 cm³/mol. The molecule has 0 unspecified atom stereocenters. The predicted octanol–water partition coefficient (Wildman–Crippen LogP) is 0.622. The van der Waals surface area contributed by atoms with Crippen molar-refractivity contribution in [3.8, 4) is 0 Å². The number of carboxylic acids is 2. The summed E-state index contributed by atoms with van der Waals surface area (Å²) in [5.41, 5.74) is 0. The quantitative estimate of drug-likeness (QED) is 0.541. The molecule has 5 nitrogen and oxygen atoms in total. The standard InChI is InChI=1S/C6H5I.C2H2O4.H2O/c7-6-4-2-1-3-5-6;3-1(4)2(5)6;/h1-5H;(H,3,4)(H,5,6);1H2. The van der Waals surface area contributed by atoms with E-state index in [1.165, 1.54) is 3.57 Å². The summed E-state index contributed by atoms with van der Waals surface area (Å²) in [5, 5.41) is 14.8. The molecule has 1 rings (SSSR count). The van der Waals surface area contributed by atoms with Gasteiger partial charge >= 0.3 is 11.9 Å². The second-order valence-electron chi connectivity index (χ2n) is 1.91. The number of aliphatic carboxylic acids is 2. The molecule has 0 aliphatic rings. The zero-order valence-electron chi connectivity index (χ0n) is 6.98. The Morgan fingerprint density at radius 3 is 1.50 bits per heavy atom. The summed E-state index contributed by atoms with van der Waals surface area (Å²) >= 11 is 2.28. The van der Waals surface area contributed by atoms with Crippen LogP contribution in [-0.2, 0) is 9.59 Å².